The van der Waals surface area contributed by atoms with Gasteiger partial charge in [-0.05, 0) is 18.2 Å². The van der Waals surface area contributed by atoms with Crippen LogP contribution in [0.4, 0.5) is 20.2 Å². The number of carbonyl (C=O) groups excluding carboxylic acids is 2. The molecule has 1 aromatic rings. The van der Waals surface area contributed by atoms with Crippen molar-refractivity contribution in [3.63, 3.8) is 0 Å². The molecule has 0 aliphatic carbocycles. The highest BCUT2D eigenvalue weighted by Crippen LogP contribution is 2.21. The van der Waals surface area contributed by atoms with Gasteiger partial charge in [0, 0.05) is 5.69 Å². The van der Waals surface area contributed by atoms with Crippen LogP contribution in [0.25, 0.3) is 0 Å². The van der Waals surface area contributed by atoms with Gasteiger partial charge in [-0.15, -0.1) is 0 Å². The number of anilines is 2. The Morgan fingerprint density at radius 3 is 2.16 bits per heavy atom. The van der Waals surface area contributed by atoms with Gasteiger partial charge >= 0.3 is 5.97 Å². The van der Waals surface area contributed by atoms with E-state index in [0.717, 1.165) is 12.1 Å². The van der Waals surface area contributed by atoms with Gasteiger partial charge in [0.05, 0.1) is 11.3 Å². The van der Waals surface area contributed by atoms with Crippen molar-refractivity contribution >= 4 is 29.2 Å². The van der Waals surface area contributed by atoms with Crippen LogP contribution in [0.3, 0.4) is 0 Å². The van der Waals surface area contributed by atoms with E-state index in [1.54, 1.807) is 0 Å². The number of hydrogen-bond acceptors (Lipinski definition) is 3. The second-order valence-corrected chi connectivity index (χ2v) is 3.43. The second-order valence-electron chi connectivity index (χ2n) is 3.43. The largest absolute Gasteiger partial charge is 0.478 e. The lowest BCUT2D eigenvalue weighted by Crippen LogP contribution is -2.17. The molecule has 0 saturated heterocycles. The van der Waals surface area contributed by atoms with E-state index < -0.39 is 31.1 Å². The lowest BCUT2D eigenvalue weighted by atomic mass is 10.1. The van der Waals surface area contributed by atoms with Crippen LogP contribution < -0.4 is 10.6 Å². The topological polar surface area (TPSA) is 95.5 Å². The van der Waals surface area contributed by atoms with Crippen molar-refractivity contribution in [2.75, 3.05) is 24.0 Å². The lowest BCUT2D eigenvalue weighted by molar-refractivity contribution is -0.117. The van der Waals surface area contributed by atoms with Crippen LogP contribution >= 0.6 is 0 Å². The number of amides is 2. The van der Waals surface area contributed by atoms with Crippen molar-refractivity contribution in [1.29, 1.82) is 0 Å². The van der Waals surface area contributed by atoms with Crippen molar-refractivity contribution < 1.29 is 28.3 Å². The average molecular weight is 272 g/mol. The molecule has 3 N–H and O–H groups in total. The molecule has 0 unspecified atom stereocenters. The predicted octanol–water partition coefficient (Wildman–Crippen LogP) is 1.20. The van der Waals surface area contributed by atoms with Crippen LogP contribution in [0, 0.1) is 0 Å². The highest BCUT2D eigenvalue weighted by atomic mass is 19.1. The Morgan fingerprint density at radius 1 is 1.05 bits per heavy atom. The summed E-state index contributed by atoms with van der Waals surface area (Å²) in [5.74, 6) is -3.29. The standard InChI is InChI=1S/C11H10F2N2O4/c12-4-9(16)14-6-1-2-7(11(18)19)8(3-6)15-10(17)5-13/h1-3H,4-5H2,(H,14,16)(H,15,17)(H,18,19). The van der Waals surface area contributed by atoms with Crippen molar-refractivity contribution in [2.24, 2.45) is 0 Å². The van der Waals surface area contributed by atoms with Gasteiger partial charge in [-0.25, -0.2) is 13.6 Å². The maximum Gasteiger partial charge on any atom is 0.337 e. The smallest absolute Gasteiger partial charge is 0.337 e. The van der Waals surface area contributed by atoms with Crippen LogP contribution in [0.15, 0.2) is 18.2 Å². The van der Waals surface area contributed by atoms with E-state index in [4.69, 9.17) is 5.11 Å². The van der Waals surface area contributed by atoms with Crippen molar-refractivity contribution in [2.45, 2.75) is 0 Å². The molecule has 0 fully saturated rings. The minimum atomic E-state index is -1.34. The summed E-state index contributed by atoms with van der Waals surface area (Å²) in [5.41, 5.74) is -0.381. The number of alkyl halides is 2. The minimum Gasteiger partial charge on any atom is -0.478 e. The number of rotatable bonds is 5. The molecule has 2 amide bonds. The quantitative estimate of drug-likeness (QED) is 0.750. The van der Waals surface area contributed by atoms with E-state index in [9.17, 15) is 23.2 Å². The van der Waals surface area contributed by atoms with Crippen molar-refractivity contribution in [1.82, 2.24) is 0 Å². The molecule has 1 aromatic carbocycles. The van der Waals surface area contributed by atoms with Crippen LogP contribution in [-0.2, 0) is 9.59 Å². The zero-order valence-electron chi connectivity index (χ0n) is 9.57. The minimum absolute atomic E-state index is 0.0850. The fourth-order valence-corrected chi connectivity index (χ4v) is 1.29. The molecule has 0 aromatic heterocycles. The first-order valence-corrected chi connectivity index (χ1v) is 5.07. The number of halogens is 2. The van der Waals surface area contributed by atoms with E-state index in [-0.39, 0.29) is 16.9 Å². The number of carboxylic acids is 1. The Labute approximate surface area is 106 Å². The highest BCUT2D eigenvalue weighted by Gasteiger charge is 2.14. The summed E-state index contributed by atoms with van der Waals surface area (Å²) in [6.45, 7) is -2.56. The second kappa shape index (κ2) is 6.43. The molecule has 0 aliphatic rings. The molecule has 19 heavy (non-hydrogen) atoms. The summed E-state index contributed by atoms with van der Waals surface area (Å²) >= 11 is 0. The molecule has 102 valence electrons. The van der Waals surface area contributed by atoms with Gasteiger partial charge in [-0.3, -0.25) is 9.59 Å². The molecule has 6 nitrogen and oxygen atoms in total. The maximum absolute atomic E-state index is 12.1. The summed E-state index contributed by atoms with van der Waals surface area (Å²) in [5, 5.41) is 13.0. The first-order valence-electron chi connectivity index (χ1n) is 5.07. The van der Waals surface area contributed by atoms with Crippen LogP contribution in [0.2, 0.25) is 0 Å². The number of nitrogens with one attached hydrogen (secondary N) is 2. The van der Waals surface area contributed by atoms with E-state index in [1.165, 1.54) is 6.07 Å². The van der Waals surface area contributed by atoms with Crippen LogP contribution in [0.1, 0.15) is 10.4 Å². The SMILES string of the molecule is O=C(CF)Nc1ccc(C(=O)O)c(NC(=O)CF)c1. The summed E-state index contributed by atoms with van der Waals surface area (Å²) in [6, 6.07) is 3.43. The van der Waals surface area contributed by atoms with Gasteiger partial charge in [-0.2, -0.15) is 0 Å². The van der Waals surface area contributed by atoms with Gasteiger partial charge in [0.1, 0.15) is 0 Å². The predicted molar refractivity (Wildman–Crippen MR) is 62.6 cm³/mol. The first kappa shape index (κ1) is 14.6. The number of carbonyl (C=O) groups is 3. The Morgan fingerprint density at radius 2 is 1.63 bits per heavy atom. The number of benzene rings is 1. The fraction of sp³-hybridized carbons (Fsp3) is 0.182. The Bertz CT molecular complexity index is 519. The Kier molecular flexibility index (Phi) is 4.92. The molecule has 0 heterocycles. The monoisotopic (exact) mass is 272 g/mol. The summed E-state index contributed by atoms with van der Waals surface area (Å²) in [7, 11) is 0. The lowest BCUT2D eigenvalue weighted by Gasteiger charge is -2.10. The van der Waals surface area contributed by atoms with Crippen LogP contribution in [0.5, 0.6) is 0 Å². The molecule has 0 bridgehead atoms. The van der Waals surface area contributed by atoms with E-state index in [0.29, 0.717) is 0 Å². The van der Waals surface area contributed by atoms with Gasteiger partial charge in [0.25, 0.3) is 11.8 Å². The van der Waals surface area contributed by atoms with E-state index in [1.807, 2.05) is 5.32 Å². The van der Waals surface area contributed by atoms with E-state index in [2.05, 4.69) is 5.32 Å². The third-order valence-electron chi connectivity index (χ3n) is 2.05. The Balaban J connectivity index is 3.07. The van der Waals surface area contributed by atoms with Crippen LogP contribution in [-0.4, -0.2) is 36.2 Å². The summed E-state index contributed by atoms with van der Waals surface area (Å²) in [6.07, 6.45) is 0. The third-order valence-corrected chi connectivity index (χ3v) is 2.05. The van der Waals surface area contributed by atoms with Crippen molar-refractivity contribution in [3.05, 3.63) is 23.8 Å². The molecule has 8 heteroatoms. The first-order chi connectivity index (χ1) is 8.97. The molecule has 0 saturated carbocycles. The van der Waals surface area contributed by atoms with Gasteiger partial charge < -0.3 is 15.7 Å². The summed E-state index contributed by atoms with van der Waals surface area (Å²) in [4.78, 5) is 32.6. The van der Waals surface area contributed by atoms with Crippen molar-refractivity contribution in [3.8, 4) is 0 Å². The number of aromatic carboxylic acids is 1. The van der Waals surface area contributed by atoms with Gasteiger partial charge in [-0.1, -0.05) is 0 Å². The molecular formula is C11H10F2N2O4. The number of carboxylic acid groups (broad SMARTS) is 1. The van der Waals surface area contributed by atoms with Gasteiger partial charge in [0.15, 0.2) is 13.3 Å². The normalized spacial score (nSPS) is 9.79. The Hall–Kier alpha value is -2.51. The third kappa shape index (κ3) is 4.02. The van der Waals surface area contributed by atoms with Gasteiger partial charge in [0.2, 0.25) is 0 Å². The van der Waals surface area contributed by atoms with E-state index >= 15 is 0 Å². The molecule has 0 spiro atoms. The maximum atomic E-state index is 12.1. The molecule has 0 radical (unpaired) electrons. The average Bonchev–Trinajstić information content (AvgIpc) is 2.38. The summed E-state index contributed by atoms with van der Waals surface area (Å²) < 4.78 is 24.1. The molecular weight excluding hydrogens is 262 g/mol. The molecule has 0 atom stereocenters. The molecule has 1 rings (SSSR count). The molecule has 0 aliphatic heterocycles. The number of hydrogen-bond donors (Lipinski definition) is 3. The highest BCUT2D eigenvalue weighted by molar-refractivity contribution is 6.02. The fourth-order valence-electron chi connectivity index (χ4n) is 1.29. The zero-order chi connectivity index (χ0) is 14.4. The zero-order valence-corrected chi connectivity index (χ0v) is 9.57.